The van der Waals surface area contributed by atoms with Gasteiger partial charge in [0.1, 0.15) is 5.82 Å². The Morgan fingerprint density at radius 1 is 1.32 bits per heavy atom. The number of nitrogens with one attached hydrogen (secondary N) is 1. The first-order valence-electron chi connectivity index (χ1n) is 7.02. The van der Waals surface area contributed by atoms with Crippen molar-refractivity contribution in [3.05, 3.63) is 41.7 Å². The molecule has 1 heterocycles. The summed E-state index contributed by atoms with van der Waals surface area (Å²) in [6.07, 6.45) is 1.85. The first-order chi connectivity index (χ1) is 10.5. The highest BCUT2D eigenvalue weighted by Gasteiger charge is 2.28. The Labute approximate surface area is 127 Å². The lowest BCUT2D eigenvalue weighted by Crippen LogP contribution is -2.37. The van der Waals surface area contributed by atoms with Crippen LogP contribution in [-0.2, 0) is 14.4 Å². The molecule has 1 aromatic rings. The molecule has 5 nitrogen and oxygen atoms in total. The van der Waals surface area contributed by atoms with Gasteiger partial charge in [-0.05, 0) is 30.2 Å². The van der Waals surface area contributed by atoms with E-state index in [-0.39, 0.29) is 49.5 Å². The fraction of sp³-hybridized carbons (Fsp3) is 0.312. The number of allylic oxidation sites excluding steroid dienone is 1. The van der Waals surface area contributed by atoms with Gasteiger partial charge in [0.15, 0.2) is 0 Å². The maximum atomic E-state index is 13.1. The van der Waals surface area contributed by atoms with E-state index < -0.39 is 0 Å². The Balaban J connectivity index is 1.86. The van der Waals surface area contributed by atoms with Crippen LogP contribution in [0.5, 0.6) is 0 Å². The van der Waals surface area contributed by atoms with Gasteiger partial charge in [0.25, 0.3) is 0 Å². The van der Waals surface area contributed by atoms with E-state index in [0.717, 1.165) is 4.90 Å². The normalized spacial score (nSPS) is 15.4. The predicted molar refractivity (Wildman–Crippen MR) is 79.0 cm³/mol. The Kier molecular flexibility index (Phi) is 5.04. The second kappa shape index (κ2) is 6.98. The summed E-state index contributed by atoms with van der Waals surface area (Å²) in [6.45, 7) is 2.08. The molecule has 0 atom stereocenters. The number of carbonyl (C=O) groups is 3. The van der Waals surface area contributed by atoms with Crippen molar-refractivity contribution in [1.29, 1.82) is 0 Å². The molecule has 1 aromatic carbocycles. The summed E-state index contributed by atoms with van der Waals surface area (Å²) in [4.78, 5) is 35.7. The summed E-state index contributed by atoms with van der Waals surface area (Å²) in [5.74, 6) is -1.12. The molecule has 0 saturated carbocycles. The van der Waals surface area contributed by atoms with Gasteiger partial charge in [0.05, 0.1) is 0 Å². The van der Waals surface area contributed by atoms with E-state index in [1.165, 1.54) is 18.2 Å². The van der Waals surface area contributed by atoms with Gasteiger partial charge >= 0.3 is 0 Å². The van der Waals surface area contributed by atoms with Gasteiger partial charge in [0, 0.05) is 32.0 Å². The number of hydrogen-bond donors (Lipinski definition) is 1. The summed E-state index contributed by atoms with van der Waals surface area (Å²) in [6, 6.07) is 5.97. The minimum atomic E-state index is -0.364. The highest BCUT2D eigenvalue weighted by molar-refractivity contribution is 6.02. The molecule has 0 spiro atoms. The molecular formula is C16H17FN2O3. The highest BCUT2D eigenvalue weighted by Crippen LogP contribution is 2.14. The van der Waals surface area contributed by atoms with Crippen molar-refractivity contribution in [2.45, 2.75) is 19.8 Å². The van der Waals surface area contributed by atoms with Crippen LogP contribution in [0.4, 0.5) is 4.39 Å². The minimum absolute atomic E-state index is 0.177. The zero-order valence-electron chi connectivity index (χ0n) is 12.3. The van der Waals surface area contributed by atoms with E-state index >= 15 is 0 Å². The van der Waals surface area contributed by atoms with Crippen molar-refractivity contribution in [2.75, 3.05) is 13.1 Å². The standard InChI is InChI=1S/C16H17FN2O3/c1-11(12-3-2-4-13(17)10-12)9-14(20)18-7-8-19-15(21)5-6-16(19)22/h2-4,9-10H,5-8H2,1H3,(H,18,20)/b11-9+. The summed E-state index contributed by atoms with van der Waals surface area (Å²) < 4.78 is 13.1. The van der Waals surface area contributed by atoms with Gasteiger partial charge in [-0.15, -0.1) is 0 Å². The summed E-state index contributed by atoms with van der Waals surface area (Å²) >= 11 is 0. The minimum Gasteiger partial charge on any atom is -0.351 e. The fourth-order valence-electron chi connectivity index (χ4n) is 2.23. The van der Waals surface area contributed by atoms with Crippen molar-refractivity contribution < 1.29 is 18.8 Å². The molecule has 1 aliphatic heterocycles. The molecule has 0 aromatic heterocycles. The smallest absolute Gasteiger partial charge is 0.244 e. The number of rotatable bonds is 5. The number of hydrogen-bond acceptors (Lipinski definition) is 3. The second-order valence-electron chi connectivity index (χ2n) is 5.07. The second-order valence-corrected chi connectivity index (χ2v) is 5.07. The van der Waals surface area contributed by atoms with Crippen molar-refractivity contribution in [3.63, 3.8) is 0 Å². The van der Waals surface area contributed by atoms with Crippen LogP contribution in [0.15, 0.2) is 30.3 Å². The maximum Gasteiger partial charge on any atom is 0.244 e. The van der Waals surface area contributed by atoms with E-state index in [1.54, 1.807) is 19.1 Å². The summed E-state index contributed by atoms with van der Waals surface area (Å²) in [5, 5.41) is 2.61. The summed E-state index contributed by atoms with van der Waals surface area (Å²) in [7, 11) is 0. The van der Waals surface area contributed by atoms with Crippen LogP contribution in [0.3, 0.4) is 0 Å². The van der Waals surface area contributed by atoms with E-state index in [4.69, 9.17) is 0 Å². The molecule has 22 heavy (non-hydrogen) atoms. The third-order valence-electron chi connectivity index (χ3n) is 3.42. The van der Waals surface area contributed by atoms with E-state index in [0.29, 0.717) is 11.1 Å². The number of nitrogens with zero attached hydrogens (tertiary/aromatic N) is 1. The molecule has 0 unspecified atom stereocenters. The van der Waals surface area contributed by atoms with Gasteiger partial charge in [-0.2, -0.15) is 0 Å². The maximum absolute atomic E-state index is 13.1. The zero-order chi connectivity index (χ0) is 16.1. The molecule has 1 saturated heterocycles. The molecule has 6 heteroatoms. The Morgan fingerprint density at radius 2 is 2.00 bits per heavy atom. The van der Waals surface area contributed by atoms with Crippen LogP contribution >= 0.6 is 0 Å². The Morgan fingerprint density at radius 3 is 2.64 bits per heavy atom. The number of amides is 3. The first-order valence-corrected chi connectivity index (χ1v) is 7.02. The molecule has 3 amide bonds. The Bertz CT molecular complexity index is 624. The van der Waals surface area contributed by atoms with Gasteiger partial charge in [0.2, 0.25) is 17.7 Å². The molecule has 0 radical (unpaired) electrons. The van der Waals surface area contributed by atoms with Crippen molar-refractivity contribution >= 4 is 23.3 Å². The highest BCUT2D eigenvalue weighted by atomic mass is 19.1. The Hall–Kier alpha value is -2.50. The molecule has 0 aliphatic carbocycles. The number of benzene rings is 1. The zero-order valence-corrected chi connectivity index (χ0v) is 12.3. The molecule has 0 bridgehead atoms. The van der Waals surface area contributed by atoms with Gasteiger partial charge in [-0.3, -0.25) is 19.3 Å². The molecule has 116 valence electrons. The number of halogens is 1. The molecule has 1 N–H and O–H groups in total. The van der Waals surface area contributed by atoms with Crippen molar-refractivity contribution in [1.82, 2.24) is 10.2 Å². The van der Waals surface area contributed by atoms with Crippen molar-refractivity contribution in [3.8, 4) is 0 Å². The lowest BCUT2D eigenvalue weighted by atomic mass is 10.1. The van der Waals surface area contributed by atoms with E-state index in [1.807, 2.05) is 0 Å². The van der Waals surface area contributed by atoms with Crippen LogP contribution in [0.2, 0.25) is 0 Å². The van der Waals surface area contributed by atoms with Crippen LogP contribution in [0.25, 0.3) is 5.57 Å². The quantitative estimate of drug-likeness (QED) is 0.662. The predicted octanol–water partition coefficient (Wildman–Crippen LogP) is 1.49. The van der Waals surface area contributed by atoms with Crippen LogP contribution in [0, 0.1) is 5.82 Å². The number of imide groups is 1. The summed E-state index contributed by atoms with van der Waals surface area (Å²) in [5.41, 5.74) is 1.25. The van der Waals surface area contributed by atoms with Gasteiger partial charge in [-0.25, -0.2) is 4.39 Å². The molecular weight excluding hydrogens is 287 g/mol. The van der Waals surface area contributed by atoms with Crippen molar-refractivity contribution in [2.24, 2.45) is 0 Å². The lowest BCUT2D eigenvalue weighted by Gasteiger charge is -2.13. The third kappa shape index (κ3) is 4.00. The SMILES string of the molecule is C/C(=C\C(=O)NCCN1C(=O)CCC1=O)c1cccc(F)c1. The first kappa shape index (κ1) is 15.9. The fourth-order valence-corrected chi connectivity index (χ4v) is 2.23. The van der Waals surface area contributed by atoms with E-state index in [2.05, 4.69) is 5.32 Å². The van der Waals surface area contributed by atoms with E-state index in [9.17, 15) is 18.8 Å². The average molecular weight is 304 g/mol. The van der Waals surface area contributed by atoms with Crippen LogP contribution < -0.4 is 5.32 Å². The number of likely N-dealkylation sites (tertiary alicyclic amines) is 1. The molecule has 2 rings (SSSR count). The molecule has 1 fully saturated rings. The van der Waals surface area contributed by atoms with Gasteiger partial charge < -0.3 is 5.32 Å². The van der Waals surface area contributed by atoms with Crippen LogP contribution in [-0.4, -0.2) is 35.7 Å². The third-order valence-corrected chi connectivity index (χ3v) is 3.42. The lowest BCUT2D eigenvalue weighted by molar-refractivity contribution is -0.138. The monoisotopic (exact) mass is 304 g/mol. The topological polar surface area (TPSA) is 66.5 Å². The number of carbonyl (C=O) groups excluding carboxylic acids is 3. The van der Waals surface area contributed by atoms with Gasteiger partial charge in [-0.1, -0.05) is 12.1 Å². The van der Waals surface area contributed by atoms with Crippen LogP contribution in [0.1, 0.15) is 25.3 Å². The molecule has 1 aliphatic rings. The average Bonchev–Trinajstić information content (AvgIpc) is 2.79. The largest absolute Gasteiger partial charge is 0.351 e.